The average molecular weight is 395 g/mol. The minimum atomic E-state index is -0.425. The molecule has 0 N–H and O–H groups in total. The van der Waals surface area contributed by atoms with E-state index >= 15 is 0 Å². The zero-order valence-corrected chi connectivity index (χ0v) is 15.4. The first-order valence-corrected chi connectivity index (χ1v) is 9.12. The molecule has 140 valence electrons. The van der Waals surface area contributed by atoms with E-state index in [-0.39, 0.29) is 22.7 Å². The third kappa shape index (κ3) is 3.76. The van der Waals surface area contributed by atoms with E-state index in [9.17, 15) is 10.1 Å². The molecule has 1 atom stereocenters. The van der Waals surface area contributed by atoms with Crippen LogP contribution in [0.15, 0.2) is 68.7 Å². The van der Waals surface area contributed by atoms with Gasteiger partial charge in [0, 0.05) is 22.9 Å². The lowest BCUT2D eigenvalue weighted by atomic mass is 10.1. The SMILES string of the molecule is CC(Sc1nnc(-c2nnc(-c3ccccc3)o2)o1)c1cccc([N+](=O)[O-])c1. The fourth-order valence-corrected chi connectivity index (χ4v) is 3.26. The Labute approximate surface area is 163 Å². The normalized spacial score (nSPS) is 12.0. The largest absolute Gasteiger partial charge is 0.412 e. The summed E-state index contributed by atoms with van der Waals surface area (Å²) in [4.78, 5) is 10.5. The van der Waals surface area contributed by atoms with Crippen molar-refractivity contribution in [3.8, 4) is 23.2 Å². The van der Waals surface area contributed by atoms with Crippen molar-refractivity contribution in [2.75, 3.05) is 0 Å². The van der Waals surface area contributed by atoms with Gasteiger partial charge in [0.15, 0.2) is 0 Å². The van der Waals surface area contributed by atoms with E-state index in [4.69, 9.17) is 8.83 Å². The lowest BCUT2D eigenvalue weighted by Gasteiger charge is -2.07. The van der Waals surface area contributed by atoms with Crippen molar-refractivity contribution in [2.24, 2.45) is 0 Å². The number of nitrogens with zero attached hydrogens (tertiary/aromatic N) is 5. The number of rotatable bonds is 6. The molecule has 2 aromatic heterocycles. The number of benzene rings is 2. The predicted molar refractivity (Wildman–Crippen MR) is 100 cm³/mol. The smallest absolute Gasteiger partial charge is 0.306 e. The lowest BCUT2D eigenvalue weighted by Crippen LogP contribution is -1.92. The van der Waals surface area contributed by atoms with Gasteiger partial charge in [-0.15, -0.1) is 20.4 Å². The highest BCUT2D eigenvalue weighted by molar-refractivity contribution is 7.99. The fourth-order valence-electron chi connectivity index (χ4n) is 2.46. The zero-order valence-electron chi connectivity index (χ0n) is 14.6. The van der Waals surface area contributed by atoms with Crippen LogP contribution in [0.3, 0.4) is 0 Å². The molecular formula is C18H13N5O4S. The Morgan fingerprint density at radius 3 is 2.43 bits per heavy atom. The van der Waals surface area contributed by atoms with Crippen LogP contribution >= 0.6 is 11.8 Å². The summed E-state index contributed by atoms with van der Waals surface area (Å²) in [5.74, 6) is 0.595. The molecular weight excluding hydrogens is 382 g/mol. The molecule has 2 heterocycles. The highest BCUT2D eigenvalue weighted by atomic mass is 32.2. The van der Waals surface area contributed by atoms with Crippen molar-refractivity contribution in [3.63, 3.8) is 0 Å². The van der Waals surface area contributed by atoms with E-state index in [2.05, 4.69) is 20.4 Å². The second kappa shape index (κ2) is 7.61. The molecule has 0 aliphatic carbocycles. The van der Waals surface area contributed by atoms with Crippen LogP contribution in [0.4, 0.5) is 5.69 Å². The van der Waals surface area contributed by atoms with Crippen molar-refractivity contribution in [1.29, 1.82) is 0 Å². The van der Waals surface area contributed by atoms with Gasteiger partial charge in [-0.05, 0) is 24.6 Å². The van der Waals surface area contributed by atoms with Gasteiger partial charge < -0.3 is 8.83 Å². The van der Waals surface area contributed by atoms with Gasteiger partial charge in [-0.3, -0.25) is 10.1 Å². The Morgan fingerprint density at radius 1 is 0.929 bits per heavy atom. The maximum atomic E-state index is 10.9. The molecule has 0 aliphatic rings. The molecule has 0 radical (unpaired) electrons. The Hall–Kier alpha value is -3.53. The van der Waals surface area contributed by atoms with Gasteiger partial charge in [-0.25, -0.2) is 0 Å². The molecule has 4 rings (SSSR count). The summed E-state index contributed by atoms with van der Waals surface area (Å²) in [6, 6.07) is 15.8. The number of aromatic nitrogens is 4. The van der Waals surface area contributed by atoms with Crippen LogP contribution in [0.25, 0.3) is 23.2 Å². The lowest BCUT2D eigenvalue weighted by molar-refractivity contribution is -0.384. The van der Waals surface area contributed by atoms with E-state index in [1.54, 1.807) is 6.07 Å². The number of nitro benzene ring substituents is 1. The average Bonchev–Trinajstić information content (AvgIpc) is 3.38. The van der Waals surface area contributed by atoms with Gasteiger partial charge in [-0.1, -0.05) is 42.1 Å². The van der Waals surface area contributed by atoms with Crippen LogP contribution < -0.4 is 0 Å². The van der Waals surface area contributed by atoms with Crippen molar-refractivity contribution in [3.05, 3.63) is 70.3 Å². The number of thioether (sulfide) groups is 1. The summed E-state index contributed by atoms with van der Waals surface area (Å²) in [5.41, 5.74) is 1.60. The van der Waals surface area contributed by atoms with Gasteiger partial charge in [0.05, 0.1) is 4.92 Å². The number of hydrogen-bond acceptors (Lipinski definition) is 9. The van der Waals surface area contributed by atoms with Crippen molar-refractivity contribution in [1.82, 2.24) is 20.4 Å². The second-order valence-electron chi connectivity index (χ2n) is 5.76. The first-order valence-electron chi connectivity index (χ1n) is 8.24. The van der Waals surface area contributed by atoms with Crippen LogP contribution in [0, 0.1) is 10.1 Å². The third-order valence-electron chi connectivity index (χ3n) is 3.86. The van der Waals surface area contributed by atoms with E-state index in [0.717, 1.165) is 11.1 Å². The van der Waals surface area contributed by atoms with Gasteiger partial charge in [0.25, 0.3) is 10.9 Å². The van der Waals surface area contributed by atoms with E-state index < -0.39 is 4.92 Å². The Morgan fingerprint density at radius 2 is 1.64 bits per heavy atom. The molecule has 0 aliphatic heterocycles. The molecule has 9 nitrogen and oxygen atoms in total. The van der Waals surface area contributed by atoms with Crippen LogP contribution in [-0.2, 0) is 0 Å². The number of nitro groups is 1. The third-order valence-corrected chi connectivity index (χ3v) is 4.86. The molecule has 28 heavy (non-hydrogen) atoms. The number of hydrogen-bond donors (Lipinski definition) is 0. The summed E-state index contributed by atoms with van der Waals surface area (Å²) in [6.07, 6.45) is 0. The van der Waals surface area contributed by atoms with Crippen LogP contribution in [0.5, 0.6) is 0 Å². The molecule has 0 bridgehead atoms. The quantitative estimate of drug-likeness (QED) is 0.263. The fraction of sp³-hybridized carbons (Fsp3) is 0.111. The zero-order chi connectivity index (χ0) is 19.5. The summed E-state index contributed by atoms with van der Waals surface area (Å²) in [7, 11) is 0. The molecule has 4 aromatic rings. The Balaban J connectivity index is 1.50. The van der Waals surface area contributed by atoms with E-state index in [0.29, 0.717) is 11.1 Å². The molecule has 2 aromatic carbocycles. The Kier molecular flexibility index (Phi) is 4.85. The first kappa shape index (κ1) is 17.9. The highest BCUT2D eigenvalue weighted by Crippen LogP contribution is 2.36. The van der Waals surface area contributed by atoms with Crippen molar-refractivity contribution in [2.45, 2.75) is 17.4 Å². The Bertz CT molecular complexity index is 1110. The number of non-ortho nitro benzene ring substituents is 1. The maximum absolute atomic E-state index is 10.9. The summed E-state index contributed by atoms with van der Waals surface area (Å²) < 4.78 is 11.2. The maximum Gasteiger partial charge on any atom is 0.306 e. The van der Waals surface area contributed by atoms with Crippen molar-refractivity contribution >= 4 is 17.4 Å². The van der Waals surface area contributed by atoms with E-state index in [1.807, 2.05) is 43.3 Å². The molecule has 0 amide bonds. The van der Waals surface area contributed by atoms with Gasteiger partial charge >= 0.3 is 11.8 Å². The topological polar surface area (TPSA) is 121 Å². The second-order valence-corrected chi connectivity index (χ2v) is 7.06. The van der Waals surface area contributed by atoms with Gasteiger partial charge in [0.2, 0.25) is 5.89 Å². The molecule has 10 heteroatoms. The van der Waals surface area contributed by atoms with Gasteiger partial charge in [0.1, 0.15) is 0 Å². The highest BCUT2D eigenvalue weighted by Gasteiger charge is 2.19. The summed E-state index contributed by atoms with van der Waals surface area (Å²) >= 11 is 1.28. The molecule has 0 saturated heterocycles. The first-order chi connectivity index (χ1) is 13.6. The summed E-state index contributed by atoms with van der Waals surface area (Å²) in [6.45, 7) is 1.90. The standard InChI is InChI=1S/C18H13N5O4S/c1-11(13-8-5-9-14(10-13)23(24)25)28-18-22-21-17(27-18)16-20-19-15(26-16)12-6-3-2-4-7-12/h2-11H,1H3. The molecule has 0 spiro atoms. The van der Waals surface area contributed by atoms with Gasteiger partial charge in [-0.2, -0.15) is 0 Å². The van der Waals surface area contributed by atoms with Crippen LogP contribution in [0.1, 0.15) is 17.7 Å². The van der Waals surface area contributed by atoms with Crippen LogP contribution in [0.2, 0.25) is 0 Å². The minimum Gasteiger partial charge on any atom is -0.412 e. The van der Waals surface area contributed by atoms with E-state index in [1.165, 1.54) is 23.9 Å². The predicted octanol–water partition coefficient (Wildman–Crippen LogP) is 4.55. The van der Waals surface area contributed by atoms with Crippen LogP contribution in [-0.4, -0.2) is 25.3 Å². The molecule has 1 unspecified atom stereocenters. The molecule has 0 saturated carbocycles. The molecule has 0 fully saturated rings. The summed E-state index contributed by atoms with van der Waals surface area (Å²) in [5, 5.41) is 27.0. The monoisotopic (exact) mass is 395 g/mol. The minimum absolute atomic E-state index is 0.0375. The van der Waals surface area contributed by atoms with Crippen molar-refractivity contribution < 1.29 is 13.8 Å².